The molecule has 1 amide bonds. The first-order chi connectivity index (χ1) is 18.2. The number of likely N-dealkylation sites (tertiary alicyclic amines) is 1. The van der Waals surface area contributed by atoms with Gasteiger partial charge in [-0.05, 0) is 16.7 Å². The third-order valence-electron chi connectivity index (χ3n) is 6.23. The van der Waals surface area contributed by atoms with Gasteiger partial charge in [-0.15, -0.1) is 6.58 Å². The van der Waals surface area contributed by atoms with E-state index in [0.29, 0.717) is 46.1 Å². The molecule has 37 heavy (non-hydrogen) atoms. The average Bonchev–Trinajstić information content (AvgIpc) is 2.95. The van der Waals surface area contributed by atoms with Gasteiger partial charge < -0.3 is 23.8 Å². The van der Waals surface area contributed by atoms with Crippen LogP contribution in [0.3, 0.4) is 0 Å². The van der Waals surface area contributed by atoms with Gasteiger partial charge in [0, 0.05) is 13.1 Å². The van der Waals surface area contributed by atoms with Crippen LogP contribution in [0.25, 0.3) is 0 Å². The highest BCUT2D eigenvalue weighted by Gasteiger charge is 2.45. The molecule has 194 valence electrons. The van der Waals surface area contributed by atoms with E-state index in [1.165, 1.54) is 0 Å². The fourth-order valence-electron chi connectivity index (χ4n) is 4.28. The zero-order valence-electron chi connectivity index (χ0n) is 21.1. The monoisotopic (exact) mass is 501 g/mol. The second-order valence-corrected chi connectivity index (χ2v) is 8.96. The van der Waals surface area contributed by atoms with Crippen molar-refractivity contribution >= 4 is 5.91 Å². The molecular formula is C31H35NO5. The van der Waals surface area contributed by atoms with E-state index in [-0.39, 0.29) is 12.0 Å². The van der Waals surface area contributed by atoms with Gasteiger partial charge in [0.1, 0.15) is 12.2 Å². The summed E-state index contributed by atoms with van der Waals surface area (Å²) in [7, 11) is 0. The normalized spacial score (nSPS) is 19.6. The van der Waals surface area contributed by atoms with Gasteiger partial charge in [0.15, 0.2) is 6.10 Å². The largest absolute Gasteiger partial charge is 0.376 e. The van der Waals surface area contributed by atoms with E-state index in [1.807, 2.05) is 91.0 Å². The van der Waals surface area contributed by atoms with Gasteiger partial charge in [0.25, 0.3) is 5.91 Å². The molecule has 1 aliphatic heterocycles. The van der Waals surface area contributed by atoms with Gasteiger partial charge in [-0.2, -0.15) is 0 Å². The molecule has 3 aromatic carbocycles. The molecule has 1 saturated heterocycles. The number of benzene rings is 3. The fraction of sp³-hybridized carbons (Fsp3) is 0.323. The molecule has 6 nitrogen and oxygen atoms in total. The lowest BCUT2D eigenvalue weighted by Crippen LogP contribution is -2.61. The Hall–Kier alpha value is -3.29. The topological polar surface area (TPSA) is 57.2 Å². The second-order valence-electron chi connectivity index (χ2n) is 8.96. The average molecular weight is 502 g/mol. The lowest BCUT2D eigenvalue weighted by molar-refractivity contribution is -0.196. The summed E-state index contributed by atoms with van der Waals surface area (Å²) in [5.41, 5.74) is 3.08. The molecule has 0 bridgehead atoms. The molecule has 3 atom stereocenters. The van der Waals surface area contributed by atoms with Crippen LogP contribution in [0.1, 0.15) is 16.7 Å². The van der Waals surface area contributed by atoms with Crippen LogP contribution in [0.5, 0.6) is 0 Å². The van der Waals surface area contributed by atoms with Crippen molar-refractivity contribution in [2.24, 2.45) is 0 Å². The maximum absolute atomic E-state index is 13.6. The van der Waals surface area contributed by atoms with Crippen LogP contribution in [0.4, 0.5) is 0 Å². The van der Waals surface area contributed by atoms with Crippen LogP contribution in [0.15, 0.2) is 104 Å². The van der Waals surface area contributed by atoms with Crippen molar-refractivity contribution in [1.29, 1.82) is 0 Å². The Balaban J connectivity index is 1.54. The molecule has 1 fully saturated rings. The summed E-state index contributed by atoms with van der Waals surface area (Å²) in [6.45, 7) is 6.44. The van der Waals surface area contributed by atoms with Crippen LogP contribution in [-0.4, -0.2) is 55.4 Å². The number of hydrogen-bond acceptors (Lipinski definition) is 5. The Morgan fingerprint density at radius 3 is 1.81 bits per heavy atom. The molecule has 4 rings (SSSR count). The number of hydrogen-bond donors (Lipinski definition) is 0. The van der Waals surface area contributed by atoms with Crippen LogP contribution in [0, 0.1) is 0 Å². The minimum absolute atomic E-state index is 0.115. The van der Waals surface area contributed by atoms with Gasteiger partial charge in [-0.25, -0.2) is 0 Å². The number of carbonyl (C=O) groups excluding carboxylic acids is 1. The zero-order valence-corrected chi connectivity index (χ0v) is 21.1. The van der Waals surface area contributed by atoms with E-state index in [0.717, 1.165) is 16.7 Å². The molecule has 0 saturated carbocycles. The molecule has 0 spiro atoms. The van der Waals surface area contributed by atoms with E-state index >= 15 is 0 Å². The van der Waals surface area contributed by atoms with Crippen molar-refractivity contribution in [2.45, 2.75) is 38.1 Å². The fourth-order valence-corrected chi connectivity index (χ4v) is 4.28. The third kappa shape index (κ3) is 8.10. The Morgan fingerprint density at radius 1 is 0.757 bits per heavy atom. The van der Waals surface area contributed by atoms with Crippen molar-refractivity contribution in [2.75, 3.05) is 26.3 Å². The van der Waals surface area contributed by atoms with Gasteiger partial charge in [0.2, 0.25) is 0 Å². The SMILES string of the molecule is C=CCOCCN1C[C@H](OCc2ccccc2)[C@@H](OCc2ccccc2)[C@H](OCc2ccccc2)C1=O. The molecule has 1 aliphatic rings. The number of piperidine rings is 1. The minimum atomic E-state index is -0.808. The summed E-state index contributed by atoms with van der Waals surface area (Å²) in [6, 6.07) is 29.8. The Kier molecular flexibility index (Phi) is 10.5. The quantitative estimate of drug-likeness (QED) is 0.235. The lowest BCUT2D eigenvalue weighted by atomic mass is 9.99. The van der Waals surface area contributed by atoms with Gasteiger partial charge in [-0.1, -0.05) is 97.1 Å². The first-order valence-electron chi connectivity index (χ1n) is 12.7. The predicted octanol–water partition coefficient (Wildman–Crippen LogP) is 4.79. The van der Waals surface area contributed by atoms with Crippen LogP contribution in [0.2, 0.25) is 0 Å². The Bertz CT molecular complexity index is 1080. The van der Waals surface area contributed by atoms with E-state index in [2.05, 4.69) is 6.58 Å². The highest BCUT2D eigenvalue weighted by Crippen LogP contribution is 2.25. The molecule has 0 radical (unpaired) electrons. The molecule has 6 heteroatoms. The standard InChI is InChI=1S/C31H35NO5/c1-2-19-34-20-18-32-21-28(35-22-25-12-6-3-7-13-25)29(36-23-26-14-8-4-9-15-26)30(31(32)33)37-24-27-16-10-5-11-17-27/h2-17,28-30H,1,18-24H2/t28-,29+,30-/m0/s1. The number of rotatable bonds is 14. The maximum Gasteiger partial charge on any atom is 0.254 e. The summed E-state index contributed by atoms with van der Waals surface area (Å²) in [6.07, 6.45) is -0.0478. The van der Waals surface area contributed by atoms with Crippen molar-refractivity contribution in [3.05, 3.63) is 120 Å². The van der Waals surface area contributed by atoms with Gasteiger partial charge in [-0.3, -0.25) is 4.79 Å². The number of amides is 1. The molecular weight excluding hydrogens is 466 g/mol. The van der Waals surface area contributed by atoms with Crippen molar-refractivity contribution < 1.29 is 23.7 Å². The van der Waals surface area contributed by atoms with E-state index in [4.69, 9.17) is 18.9 Å². The molecule has 1 heterocycles. The Labute approximate surface area is 219 Å². The van der Waals surface area contributed by atoms with E-state index < -0.39 is 12.2 Å². The first kappa shape index (κ1) is 26.8. The Morgan fingerprint density at radius 2 is 1.27 bits per heavy atom. The third-order valence-corrected chi connectivity index (χ3v) is 6.23. The molecule has 0 N–H and O–H groups in total. The first-order valence-corrected chi connectivity index (χ1v) is 12.7. The smallest absolute Gasteiger partial charge is 0.254 e. The minimum Gasteiger partial charge on any atom is -0.376 e. The van der Waals surface area contributed by atoms with Crippen molar-refractivity contribution in [3.63, 3.8) is 0 Å². The lowest BCUT2D eigenvalue weighted by Gasteiger charge is -2.42. The second kappa shape index (κ2) is 14.4. The van der Waals surface area contributed by atoms with E-state index in [9.17, 15) is 4.79 Å². The predicted molar refractivity (Wildman–Crippen MR) is 143 cm³/mol. The van der Waals surface area contributed by atoms with Crippen LogP contribution < -0.4 is 0 Å². The molecule has 3 aromatic rings. The summed E-state index contributed by atoms with van der Waals surface area (Å²) in [5, 5.41) is 0. The van der Waals surface area contributed by atoms with Crippen LogP contribution >= 0.6 is 0 Å². The number of carbonyl (C=O) groups is 1. The summed E-state index contributed by atoms with van der Waals surface area (Å²) < 4.78 is 24.6. The van der Waals surface area contributed by atoms with Gasteiger partial charge >= 0.3 is 0 Å². The highest BCUT2D eigenvalue weighted by atomic mass is 16.6. The number of nitrogens with zero attached hydrogens (tertiary/aromatic N) is 1. The maximum atomic E-state index is 13.6. The van der Waals surface area contributed by atoms with Crippen LogP contribution in [-0.2, 0) is 43.6 Å². The van der Waals surface area contributed by atoms with Gasteiger partial charge in [0.05, 0.1) is 33.0 Å². The summed E-state index contributed by atoms with van der Waals surface area (Å²) >= 11 is 0. The summed E-state index contributed by atoms with van der Waals surface area (Å²) in [4.78, 5) is 15.4. The molecule has 0 aliphatic carbocycles. The van der Waals surface area contributed by atoms with Crippen molar-refractivity contribution in [3.8, 4) is 0 Å². The van der Waals surface area contributed by atoms with Crippen molar-refractivity contribution in [1.82, 2.24) is 4.90 Å². The zero-order chi connectivity index (χ0) is 25.7. The number of ether oxygens (including phenoxy) is 4. The van der Waals surface area contributed by atoms with E-state index in [1.54, 1.807) is 11.0 Å². The molecule has 0 aromatic heterocycles. The summed E-state index contributed by atoms with van der Waals surface area (Å²) in [5.74, 6) is -0.115. The molecule has 0 unspecified atom stereocenters. The highest BCUT2D eigenvalue weighted by molar-refractivity contribution is 5.82.